The van der Waals surface area contributed by atoms with Crippen molar-refractivity contribution in [1.29, 1.82) is 0 Å². The number of hydrogen-bond donors (Lipinski definition) is 0. The third-order valence-electron chi connectivity index (χ3n) is 2.32. The van der Waals surface area contributed by atoms with Gasteiger partial charge in [0.05, 0.1) is 0 Å². The van der Waals surface area contributed by atoms with Crippen molar-refractivity contribution in [3.63, 3.8) is 0 Å². The van der Waals surface area contributed by atoms with Crippen molar-refractivity contribution < 1.29 is 0 Å². The molecule has 0 atom stereocenters. The fourth-order valence-electron chi connectivity index (χ4n) is 1.43. The molecule has 0 heterocycles. The second-order valence-electron chi connectivity index (χ2n) is 5.33. The molecule has 1 heteroatoms. The van der Waals surface area contributed by atoms with Crippen LogP contribution >= 0.6 is 0 Å². The molecule has 0 aliphatic carbocycles. The Morgan fingerprint density at radius 3 is 2.44 bits per heavy atom. The van der Waals surface area contributed by atoms with Crippen LogP contribution in [0.5, 0.6) is 0 Å². The Hall–Kier alpha value is -1.52. The molecule has 0 nitrogen and oxygen atoms in total. The summed E-state index contributed by atoms with van der Waals surface area (Å²) in [5, 5.41) is 0. The maximum Gasteiger partial charge on any atom is 0.129 e. The molecule has 0 saturated carbocycles. The number of hydrogen-bond acceptors (Lipinski definition) is 0. The highest BCUT2D eigenvalue weighted by molar-refractivity contribution is 6.83. The third kappa shape index (κ3) is 7.70. The number of rotatable bonds is 4. The van der Waals surface area contributed by atoms with Crippen LogP contribution in [0.2, 0.25) is 19.6 Å². The lowest BCUT2D eigenvalue weighted by molar-refractivity contribution is 1.00. The predicted molar refractivity (Wildman–Crippen MR) is 84.2 cm³/mol. The first-order valence-corrected chi connectivity index (χ1v) is 9.96. The first kappa shape index (κ1) is 14.5. The summed E-state index contributed by atoms with van der Waals surface area (Å²) in [6, 6.07) is 10.6. The van der Waals surface area contributed by atoms with E-state index in [1.165, 1.54) is 5.56 Å². The Balaban J connectivity index is 2.26. The first-order valence-electron chi connectivity index (χ1n) is 6.46. The molecule has 0 bridgehead atoms. The lowest BCUT2D eigenvalue weighted by atomic mass is 10.1. The van der Waals surface area contributed by atoms with Gasteiger partial charge >= 0.3 is 0 Å². The van der Waals surface area contributed by atoms with Crippen LogP contribution in [-0.4, -0.2) is 8.07 Å². The van der Waals surface area contributed by atoms with Gasteiger partial charge < -0.3 is 0 Å². The fraction of sp³-hybridized carbons (Fsp3) is 0.294. The Bertz CT molecular complexity index is 450. The van der Waals surface area contributed by atoms with Gasteiger partial charge in [-0.15, -0.1) is 5.54 Å². The van der Waals surface area contributed by atoms with Crippen molar-refractivity contribution in [1.82, 2.24) is 0 Å². The normalized spacial score (nSPS) is 11.7. The largest absolute Gasteiger partial charge is 0.129 e. The molecule has 0 unspecified atom stereocenters. The summed E-state index contributed by atoms with van der Waals surface area (Å²) in [7, 11) is -1.21. The molecule has 1 aromatic rings. The fourth-order valence-corrected chi connectivity index (χ4v) is 1.95. The summed E-state index contributed by atoms with van der Waals surface area (Å²) in [4.78, 5) is 0. The van der Waals surface area contributed by atoms with Gasteiger partial charge in [0.15, 0.2) is 0 Å². The second kappa shape index (κ2) is 7.74. The molecular weight excluding hydrogens is 232 g/mol. The highest BCUT2D eigenvalue weighted by Gasteiger charge is 2.06. The molecule has 1 rings (SSSR count). The summed E-state index contributed by atoms with van der Waals surface area (Å²) < 4.78 is 0. The Labute approximate surface area is 112 Å². The molecule has 0 radical (unpaired) electrons. The minimum absolute atomic E-state index is 1.08. The summed E-state index contributed by atoms with van der Waals surface area (Å²) >= 11 is 0. The maximum absolute atomic E-state index is 3.31. The van der Waals surface area contributed by atoms with E-state index in [2.05, 4.69) is 73.6 Å². The molecule has 0 aromatic heterocycles. The SMILES string of the molecule is C[Si](C)(C)C#C/C=C\C=C\CCc1ccccc1. The zero-order chi connectivity index (χ0) is 13.3. The lowest BCUT2D eigenvalue weighted by Gasteiger charge is -2.01. The molecule has 0 N–H and O–H groups in total. The van der Waals surface area contributed by atoms with Crippen LogP contribution < -0.4 is 0 Å². The number of allylic oxidation sites excluding steroid dienone is 4. The van der Waals surface area contributed by atoms with E-state index in [0.29, 0.717) is 0 Å². The average molecular weight is 254 g/mol. The number of aryl methyl sites for hydroxylation is 1. The Kier molecular flexibility index (Phi) is 6.25. The minimum atomic E-state index is -1.21. The van der Waals surface area contributed by atoms with Crippen molar-refractivity contribution in [3.05, 3.63) is 60.2 Å². The van der Waals surface area contributed by atoms with Gasteiger partial charge in [0.2, 0.25) is 0 Å². The molecule has 0 aliphatic heterocycles. The van der Waals surface area contributed by atoms with Gasteiger partial charge in [-0.2, -0.15) is 0 Å². The zero-order valence-corrected chi connectivity index (χ0v) is 12.6. The van der Waals surface area contributed by atoms with E-state index in [1.807, 2.05) is 12.2 Å². The summed E-state index contributed by atoms with van der Waals surface area (Å²) in [6.07, 6.45) is 10.4. The number of benzene rings is 1. The van der Waals surface area contributed by atoms with Crippen LogP contribution in [0.1, 0.15) is 12.0 Å². The van der Waals surface area contributed by atoms with Crippen LogP contribution in [-0.2, 0) is 6.42 Å². The summed E-state index contributed by atoms with van der Waals surface area (Å²) in [6.45, 7) is 6.76. The summed E-state index contributed by atoms with van der Waals surface area (Å²) in [5.41, 5.74) is 4.70. The minimum Gasteiger partial charge on any atom is -0.127 e. The topological polar surface area (TPSA) is 0 Å². The molecule has 18 heavy (non-hydrogen) atoms. The van der Waals surface area contributed by atoms with Gasteiger partial charge in [0.25, 0.3) is 0 Å². The molecule has 0 amide bonds. The van der Waals surface area contributed by atoms with E-state index in [-0.39, 0.29) is 0 Å². The molecule has 0 saturated heterocycles. The van der Waals surface area contributed by atoms with Crippen LogP contribution in [0.3, 0.4) is 0 Å². The van der Waals surface area contributed by atoms with Crippen LogP contribution in [0.15, 0.2) is 54.6 Å². The van der Waals surface area contributed by atoms with E-state index in [1.54, 1.807) is 0 Å². The van der Waals surface area contributed by atoms with E-state index >= 15 is 0 Å². The monoisotopic (exact) mass is 254 g/mol. The van der Waals surface area contributed by atoms with Crippen LogP contribution in [0.25, 0.3) is 0 Å². The van der Waals surface area contributed by atoms with E-state index in [4.69, 9.17) is 0 Å². The second-order valence-corrected chi connectivity index (χ2v) is 10.1. The molecule has 0 spiro atoms. The van der Waals surface area contributed by atoms with Gasteiger partial charge in [-0.1, -0.05) is 74.1 Å². The molecule has 0 aliphatic rings. The van der Waals surface area contributed by atoms with Crippen molar-refractivity contribution >= 4 is 8.07 Å². The highest BCUT2D eigenvalue weighted by atomic mass is 28.3. The van der Waals surface area contributed by atoms with Gasteiger partial charge in [0.1, 0.15) is 8.07 Å². The van der Waals surface area contributed by atoms with Gasteiger partial charge in [-0.3, -0.25) is 0 Å². The van der Waals surface area contributed by atoms with Crippen LogP contribution in [0, 0.1) is 11.5 Å². The van der Waals surface area contributed by atoms with Gasteiger partial charge in [-0.25, -0.2) is 0 Å². The van der Waals surface area contributed by atoms with Crippen molar-refractivity contribution in [2.75, 3.05) is 0 Å². The maximum atomic E-state index is 3.31. The molecular formula is C17H22Si. The summed E-state index contributed by atoms with van der Waals surface area (Å²) in [5.74, 6) is 3.11. The van der Waals surface area contributed by atoms with Crippen molar-refractivity contribution in [3.8, 4) is 11.5 Å². The average Bonchev–Trinajstić information content (AvgIpc) is 2.32. The zero-order valence-electron chi connectivity index (χ0n) is 11.6. The van der Waals surface area contributed by atoms with Crippen molar-refractivity contribution in [2.24, 2.45) is 0 Å². The third-order valence-corrected chi connectivity index (χ3v) is 3.21. The lowest BCUT2D eigenvalue weighted by Crippen LogP contribution is -2.16. The van der Waals surface area contributed by atoms with Crippen molar-refractivity contribution in [2.45, 2.75) is 32.5 Å². The van der Waals surface area contributed by atoms with E-state index in [9.17, 15) is 0 Å². The molecule has 0 fully saturated rings. The van der Waals surface area contributed by atoms with Crippen LogP contribution in [0.4, 0.5) is 0 Å². The Morgan fingerprint density at radius 1 is 1.06 bits per heavy atom. The highest BCUT2D eigenvalue weighted by Crippen LogP contribution is 2.02. The standard InChI is InChI=1S/C17H22Si/c1-18(2,3)16-12-7-5-4-6-9-13-17-14-10-8-11-15-17/h4-8,10-11,14-15H,9,13H2,1-3H3/b6-4+,7-5-. The molecule has 1 aromatic carbocycles. The smallest absolute Gasteiger partial charge is 0.127 e. The quantitative estimate of drug-likeness (QED) is 0.418. The van der Waals surface area contributed by atoms with Gasteiger partial charge in [-0.05, 0) is 24.5 Å². The Morgan fingerprint density at radius 2 is 1.78 bits per heavy atom. The van der Waals surface area contributed by atoms with Gasteiger partial charge in [0, 0.05) is 0 Å². The molecule has 94 valence electrons. The predicted octanol–water partition coefficient (Wildman–Crippen LogP) is 4.61. The van der Waals surface area contributed by atoms with E-state index < -0.39 is 8.07 Å². The van der Waals surface area contributed by atoms with E-state index in [0.717, 1.165) is 12.8 Å². The first-order chi connectivity index (χ1) is 8.58.